The van der Waals surface area contributed by atoms with Crippen molar-refractivity contribution in [2.45, 2.75) is 102 Å². The number of anilines is 1. The van der Waals surface area contributed by atoms with Crippen LogP contribution in [0.15, 0.2) is 54.1 Å². The van der Waals surface area contributed by atoms with Crippen LogP contribution in [0.3, 0.4) is 0 Å². The fourth-order valence-corrected chi connectivity index (χ4v) is 3.78. The summed E-state index contributed by atoms with van der Waals surface area (Å²) in [5.41, 5.74) is 5.17. The zero-order valence-electron chi connectivity index (χ0n) is 27.2. The van der Waals surface area contributed by atoms with Gasteiger partial charge in [0.05, 0.1) is 0 Å². The van der Waals surface area contributed by atoms with Crippen molar-refractivity contribution in [3.8, 4) is 0 Å². The number of nitrogens with zero attached hydrogens (tertiary/aromatic N) is 2. The molecule has 3 heteroatoms. The molecule has 1 saturated heterocycles. The molecule has 2 rings (SSSR count). The number of nitrogens with one attached hydrogen (secondary N) is 1. The van der Waals surface area contributed by atoms with Crippen LogP contribution in [0.1, 0.15) is 108 Å². The van der Waals surface area contributed by atoms with E-state index in [0.717, 1.165) is 25.6 Å². The number of allylic oxidation sites excluding steroid dienone is 4. The van der Waals surface area contributed by atoms with Gasteiger partial charge in [-0.2, -0.15) is 0 Å². The van der Waals surface area contributed by atoms with E-state index in [4.69, 9.17) is 0 Å². The molecule has 1 heterocycles. The van der Waals surface area contributed by atoms with E-state index >= 15 is 0 Å². The molecule has 0 unspecified atom stereocenters. The van der Waals surface area contributed by atoms with Crippen LogP contribution in [0.25, 0.3) is 5.70 Å². The topological polar surface area (TPSA) is 18.5 Å². The maximum absolute atomic E-state index is 3.19. The molecule has 1 aliphatic heterocycles. The first kappa shape index (κ1) is 39.5. The molecule has 3 nitrogen and oxygen atoms in total. The first-order valence-electron chi connectivity index (χ1n) is 15.1. The van der Waals surface area contributed by atoms with Crippen molar-refractivity contribution in [2.75, 3.05) is 44.7 Å². The van der Waals surface area contributed by atoms with Crippen molar-refractivity contribution in [2.24, 2.45) is 5.92 Å². The normalized spacial score (nSPS) is 14.1. The molecule has 37 heavy (non-hydrogen) atoms. The van der Waals surface area contributed by atoms with Crippen molar-refractivity contribution < 1.29 is 0 Å². The molecule has 0 aliphatic carbocycles. The fourth-order valence-electron chi connectivity index (χ4n) is 3.78. The minimum absolute atomic E-state index is 0.936. The third kappa shape index (κ3) is 19.7. The average molecular weight is 516 g/mol. The van der Waals surface area contributed by atoms with E-state index in [1.165, 1.54) is 54.9 Å². The first-order chi connectivity index (χ1) is 17.9. The molecule has 0 atom stereocenters. The number of piperidine rings is 1. The third-order valence-electron chi connectivity index (χ3n) is 5.79. The third-order valence-corrected chi connectivity index (χ3v) is 5.79. The van der Waals surface area contributed by atoms with Gasteiger partial charge in [-0.3, -0.25) is 4.90 Å². The lowest BCUT2D eigenvalue weighted by Gasteiger charge is -2.30. The van der Waals surface area contributed by atoms with Gasteiger partial charge in [-0.05, 0) is 84.2 Å². The van der Waals surface area contributed by atoms with Crippen LogP contribution in [0.5, 0.6) is 0 Å². The molecular weight excluding hydrogens is 450 g/mol. The second-order valence-corrected chi connectivity index (χ2v) is 8.88. The molecule has 1 fully saturated rings. The van der Waals surface area contributed by atoms with Crippen LogP contribution in [-0.4, -0.2) is 44.7 Å². The highest BCUT2D eigenvalue weighted by Gasteiger charge is 2.15. The van der Waals surface area contributed by atoms with Crippen molar-refractivity contribution >= 4 is 11.4 Å². The van der Waals surface area contributed by atoms with Gasteiger partial charge in [0.2, 0.25) is 0 Å². The van der Waals surface area contributed by atoms with Crippen molar-refractivity contribution in [1.29, 1.82) is 0 Å². The van der Waals surface area contributed by atoms with Crippen LogP contribution in [0.4, 0.5) is 5.69 Å². The van der Waals surface area contributed by atoms with E-state index in [1.54, 1.807) is 0 Å². The van der Waals surface area contributed by atoms with E-state index in [9.17, 15) is 0 Å². The molecule has 0 spiro atoms. The average Bonchev–Trinajstić information content (AvgIpc) is 2.94. The van der Waals surface area contributed by atoms with Gasteiger partial charge < -0.3 is 10.2 Å². The Labute approximate surface area is 234 Å². The number of likely N-dealkylation sites (tertiary alicyclic amines) is 1. The molecule has 0 bridgehead atoms. The SMILES string of the molecule is C/C=C(\NC)c1ccc(N(CC)CC)cc1.C/C=C\C=C(/C)CN1CCC(C)CC1.CC.CC.CCC. The van der Waals surface area contributed by atoms with Crippen LogP contribution < -0.4 is 10.2 Å². The Morgan fingerprint density at radius 3 is 1.81 bits per heavy atom. The zero-order valence-corrected chi connectivity index (χ0v) is 27.2. The highest BCUT2D eigenvalue weighted by atomic mass is 15.1. The Balaban J connectivity index is -0.000000505. The standard InChI is InChI=1S/C14H22N2.C13H23N.C3H8.2C2H6/c1-5-14(15-4)12-8-10-13(11-9-12)16(6-2)7-3;1-4-5-6-13(3)11-14-9-7-12(2)8-10-14;1-3-2;2*1-2/h5,8-11,15H,6-7H2,1-4H3;4-6,12H,7-11H2,1-3H3;3H2,1-2H3;2*1-2H3/b14-5-;5-4-,13-6+;;;. The van der Waals surface area contributed by atoms with E-state index in [1.807, 2.05) is 41.7 Å². The summed E-state index contributed by atoms with van der Waals surface area (Å²) in [6.07, 6.45) is 12.5. The van der Waals surface area contributed by atoms with E-state index in [-0.39, 0.29) is 0 Å². The number of benzene rings is 1. The predicted octanol–water partition coefficient (Wildman–Crippen LogP) is 9.82. The van der Waals surface area contributed by atoms with Crippen LogP contribution in [-0.2, 0) is 0 Å². The minimum Gasteiger partial charge on any atom is -0.388 e. The Bertz CT molecular complexity index is 674. The lowest BCUT2D eigenvalue weighted by molar-refractivity contribution is 0.206. The Kier molecular flexibility index (Phi) is 30.5. The highest BCUT2D eigenvalue weighted by Crippen LogP contribution is 2.18. The molecule has 1 aromatic carbocycles. The van der Waals surface area contributed by atoms with E-state index in [0.29, 0.717) is 0 Å². The summed E-state index contributed by atoms with van der Waals surface area (Å²) in [6, 6.07) is 8.70. The molecule has 1 aliphatic rings. The van der Waals surface area contributed by atoms with Gasteiger partial charge in [0.15, 0.2) is 0 Å². The fraction of sp³-hybridized carbons (Fsp3) is 0.647. The van der Waals surface area contributed by atoms with Gasteiger partial charge in [-0.15, -0.1) is 0 Å². The number of hydrogen-bond acceptors (Lipinski definition) is 3. The van der Waals surface area contributed by atoms with Gasteiger partial charge >= 0.3 is 0 Å². The second-order valence-electron chi connectivity index (χ2n) is 8.88. The largest absolute Gasteiger partial charge is 0.388 e. The van der Waals surface area contributed by atoms with E-state index in [2.05, 4.69) is 112 Å². The number of hydrogen-bond donors (Lipinski definition) is 1. The van der Waals surface area contributed by atoms with Crippen LogP contribution in [0, 0.1) is 5.92 Å². The first-order valence-corrected chi connectivity index (χ1v) is 15.1. The molecule has 216 valence electrons. The Morgan fingerprint density at radius 1 is 0.946 bits per heavy atom. The molecular formula is C34H65N3. The van der Waals surface area contributed by atoms with Gasteiger partial charge in [0, 0.05) is 38.1 Å². The maximum Gasteiger partial charge on any atom is 0.0367 e. The summed E-state index contributed by atoms with van der Waals surface area (Å²) in [7, 11) is 1.95. The predicted molar refractivity (Wildman–Crippen MR) is 175 cm³/mol. The van der Waals surface area contributed by atoms with Crippen molar-refractivity contribution in [3.63, 3.8) is 0 Å². The van der Waals surface area contributed by atoms with Crippen LogP contribution in [0.2, 0.25) is 0 Å². The molecule has 0 radical (unpaired) electrons. The second kappa shape index (κ2) is 28.6. The van der Waals surface area contributed by atoms with Crippen molar-refractivity contribution in [3.05, 3.63) is 59.7 Å². The van der Waals surface area contributed by atoms with Crippen molar-refractivity contribution in [1.82, 2.24) is 10.2 Å². The minimum atomic E-state index is 0.936. The molecule has 0 saturated carbocycles. The van der Waals surface area contributed by atoms with Gasteiger partial charge in [-0.25, -0.2) is 0 Å². The zero-order chi connectivity index (χ0) is 29.1. The molecule has 0 amide bonds. The molecule has 1 N–H and O–H groups in total. The van der Waals surface area contributed by atoms with Gasteiger partial charge in [0.25, 0.3) is 0 Å². The smallest absolute Gasteiger partial charge is 0.0367 e. The summed E-state index contributed by atoms with van der Waals surface area (Å²) in [4.78, 5) is 4.91. The summed E-state index contributed by atoms with van der Waals surface area (Å²) in [5, 5.41) is 3.19. The summed E-state index contributed by atoms with van der Waals surface area (Å²) in [5.74, 6) is 0.936. The Morgan fingerprint density at radius 2 is 1.43 bits per heavy atom. The lowest BCUT2D eigenvalue weighted by atomic mass is 9.99. The number of rotatable bonds is 8. The summed E-state index contributed by atoms with van der Waals surface area (Å²) >= 11 is 0. The highest BCUT2D eigenvalue weighted by molar-refractivity contribution is 5.65. The van der Waals surface area contributed by atoms with Crippen LogP contribution >= 0.6 is 0 Å². The lowest BCUT2D eigenvalue weighted by Crippen LogP contribution is -2.33. The van der Waals surface area contributed by atoms with Gasteiger partial charge in [-0.1, -0.05) is 96.9 Å². The summed E-state index contributed by atoms with van der Waals surface area (Å²) < 4.78 is 0. The maximum atomic E-state index is 3.19. The van der Waals surface area contributed by atoms with E-state index < -0.39 is 0 Å². The quantitative estimate of drug-likeness (QED) is 0.347. The Hall–Kier alpha value is -2.00. The monoisotopic (exact) mass is 516 g/mol. The molecule has 0 aromatic heterocycles. The van der Waals surface area contributed by atoms with Gasteiger partial charge in [0.1, 0.15) is 0 Å². The summed E-state index contributed by atoms with van der Waals surface area (Å²) in [6.45, 7) is 31.1. The molecule has 1 aromatic rings.